The maximum atomic E-state index is 12.5. The van der Waals surface area contributed by atoms with Gasteiger partial charge in [0.15, 0.2) is 0 Å². The van der Waals surface area contributed by atoms with E-state index in [4.69, 9.17) is 0 Å². The minimum absolute atomic E-state index is 0.0156. The highest BCUT2D eigenvalue weighted by atomic mass is 19.1. The van der Waals surface area contributed by atoms with E-state index in [1.54, 1.807) is 0 Å². The van der Waals surface area contributed by atoms with E-state index in [0.29, 0.717) is 0 Å². The molecule has 1 heteroatoms. The van der Waals surface area contributed by atoms with Crippen molar-refractivity contribution in [2.75, 3.05) is 6.67 Å². The second-order valence-corrected chi connectivity index (χ2v) is 4.31. The van der Waals surface area contributed by atoms with Gasteiger partial charge in [-0.25, -0.2) is 0 Å². The molecule has 1 aromatic rings. The molecule has 1 atom stereocenters. The smallest absolute Gasteiger partial charge is 0.0957 e. The topological polar surface area (TPSA) is 0 Å². The Morgan fingerprint density at radius 2 is 2.00 bits per heavy atom. The van der Waals surface area contributed by atoms with Gasteiger partial charge in [-0.3, -0.25) is 4.39 Å². The molecule has 0 spiro atoms. The van der Waals surface area contributed by atoms with Gasteiger partial charge >= 0.3 is 0 Å². The van der Waals surface area contributed by atoms with Gasteiger partial charge in [0.25, 0.3) is 0 Å². The fourth-order valence-electron chi connectivity index (χ4n) is 1.52. The summed E-state index contributed by atoms with van der Waals surface area (Å²) in [5, 5.41) is 0. The van der Waals surface area contributed by atoms with Gasteiger partial charge < -0.3 is 0 Å². The molecule has 0 aromatic heterocycles. The van der Waals surface area contributed by atoms with Gasteiger partial charge in [-0.15, -0.1) is 0 Å². The van der Waals surface area contributed by atoms with E-state index >= 15 is 0 Å². The maximum absolute atomic E-state index is 12.5. The van der Waals surface area contributed by atoms with E-state index in [2.05, 4.69) is 6.58 Å². The summed E-state index contributed by atoms with van der Waals surface area (Å²) >= 11 is 0. The van der Waals surface area contributed by atoms with Gasteiger partial charge in [0.05, 0.1) is 6.67 Å². The average molecular weight is 218 g/mol. The first-order valence-corrected chi connectivity index (χ1v) is 5.55. The van der Waals surface area contributed by atoms with Gasteiger partial charge in [0, 0.05) is 5.92 Å². The maximum Gasteiger partial charge on any atom is 0.0957 e. The Hall–Kier alpha value is -1.37. The van der Waals surface area contributed by atoms with Crippen LogP contribution in [0.1, 0.15) is 31.9 Å². The van der Waals surface area contributed by atoms with Crippen LogP contribution in [-0.2, 0) is 0 Å². The Morgan fingerprint density at radius 1 is 1.38 bits per heavy atom. The van der Waals surface area contributed by atoms with Gasteiger partial charge in [-0.2, -0.15) is 0 Å². The molecule has 0 aliphatic rings. The van der Waals surface area contributed by atoms with Crippen molar-refractivity contribution in [2.45, 2.75) is 20.8 Å². The summed E-state index contributed by atoms with van der Waals surface area (Å²) in [6.07, 6.45) is 2.05. The Balaban J connectivity index is 3.09. The molecule has 0 amide bonds. The molecule has 0 aliphatic carbocycles. The minimum atomic E-state index is -0.308. The number of alkyl halides is 1. The summed E-state index contributed by atoms with van der Waals surface area (Å²) in [5.41, 5.74) is 4.35. The number of halogens is 1. The third-order valence-corrected chi connectivity index (χ3v) is 2.81. The lowest BCUT2D eigenvalue weighted by atomic mass is 9.96. The molecule has 1 rings (SSSR count). The van der Waals surface area contributed by atoms with E-state index in [-0.39, 0.29) is 12.6 Å². The average Bonchev–Trinajstić information content (AvgIpc) is 2.28. The highest BCUT2D eigenvalue weighted by Crippen LogP contribution is 2.22. The van der Waals surface area contributed by atoms with Crippen molar-refractivity contribution < 1.29 is 4.39 Å². The molecule has 0 saturated carbocycles. The molecular weight excluding hydrogens is 199 g/mol. The van der Waals surface area contributed by atoms with Crippen LogP contribution in [0.5, 0.6) is 0 Å². The largest absolute Gasteiger partial charge is 0.250 e. The van der Waals surface area contributed by atoms with Crippen LogP contribution < -0.4 is 0 Å². The van der Waals surface area contributed by atoms with Gasteiger partial charge in [-0.05, 0) is 25.0 Å². The van der Waals surface area contributed by atoms with Crippen molar-refractivity contribution in [2.24, 2.45) is 5.92 Å². The lowest BCUT2D eigenvalue weighted by Gasteiger charge is -2.10. The SMILES string of the molecule is C=C(C)c1ccccc1/C=C(/C)C(C)CF. The first kappa shape index (κ1) is 12.7. The van der Waals surface area contributed by atoms with Crippen LogP contribution in [0.2, 0.25) is 0 Å². The van der Waals surface area contributed by atoms with Crippen LogP contribution in [0.25, 0.3) is 11.6 Å². The first-order chi connectivity index (χ1) is 7.56. The van der Waals surface area contributed by atoms with Crippen molar-refractivity contribution in [1.82, 2.24) is 0 Å². The van der Waals surface area contributed by atoms with E-state index in [0.717, 1.165) is 22.3 Å². The molecule has 1 aromatic carbocycles. The molecule has 0 radical (unpaired) electrons. The lowest BCUT2D eigenvalue weighted by molar-refractivity contribution is 0.419. The summed E-state index contributed by atoms with van der Waals surface area (Å²) in [6.45, 7) is 9.50. The Kier molecular flexibility index (Phi) is 4.48. The predicted octanol–water partition coefficient (Wildman–Crippen LogP) is 4.73. The fourth-order valence-corrected chi connectivity index (χ4v) is 1.52. The molecule has 0 fully saturated rings. The summed E-state index contributed by atoms with van der Waals surface area (Å²) in [6, 6.07) is 8.07. The molecule has 16 heavy (non-hydrogen) atoms. The fraction of sp³-hybridized carbons (Fsp3) is 0.333. The zero-order chi connectivity index (χ0) is 12.1. The van der Waals surface area contributed by atoms with Crippen molar-refractivity contribution in [3.8, 4) is 0 Å². The van der Waals surface area contributed by atoms with E-state index < -0.39 is 0 Å². The second kappa shape index (κ2) is 5.64. The Morgan fingerprint density at radius 3 is 2.56 bits per heavy atom. The normalized spacial score (nSPS) is 13.6. The van der Waals surface area contributed by atoms with Crippen molar-refractivity contribution in [3.05, 3.63) is 47.5 Å². The number of benzene rings is 1. The number of hydrogen-bond donors (Lipinski definition) is 0. The van der Waals surface area contributed by atoms with E-state index in [1.165, 1.54) is 0 Å². The second-order valence-electron chi connectivity index (χ2n) is 4.31. The summed E-state index contributed by atoms with van der Waals surface area (Å²) < 4.78 is 12.5. The van der Waals surface area contributed by atoms with Crippen molar-refractivity contribution >= 4 is 11.6 Å². The van der Waals surface area contributed by atoms with Gasteiger partial charge in [0.2, 0.25) is 0 Å². The first-order valence-electron chi connectivity index (χ1n) is 5.55. The van der Waals surface area contributed by atoms with Crippen LogP contribution >= 0.6 is 0 Å². The predicted molar refractivity (Wildman–Crippen MR) is 69.9 cm³/mol. The third kappa shape index (κ3) is 3.06. The van der Waals surface area contributed by atoms with Crippen LogP contribution in [-0.4, -0.2) is 6.67 Å². The Labute approximate surface area is 97.5 Å². The van der Waals surface area contributed by atoms with Crippen molar-refractivity contribution in [3.63, 3.8) is 0 Å². The zero-order valence-corrected chi connectivity index (χ0v) is 10.3. The summed E-state index contributed by atoms with van der Waals surface area (Å²) in [7, 11) is 0. The van der Waals surface area contributed by atoms with Crippen molar-refractivity contribution in [1.29, 1.82) is 0 Å². The molecular formula is C15H19F. The minimum Gasteiger partial charge on any atom is -0.250 e. The molecule has 0 saturated heterocycles. The van der Waals surface area contributed by atoms with Crippen LogP contribution in [0, 0.1) is 5.92 Å². The molecule has 0 bridgehead atoms. The summed E-state index contributed by atoms with van der Waals surface area (Å²) in [5.74, 6) is -0.0156. The number of allylic oxidation sites excluding steroid dienone is 2. The van der Waals surface area contributed by atoms with Crippen LogP contribution in [0.4, 0.5) is 4.39 Å². The highest BCUT2D eigenvalue weighted by Gasteiger charge is 2.05. The van der Waals surface area contributed by atoms with E-state index in [9.17, 15) is 4.39 Å². The molecule has 0 aliphatic heterocycles. The van der Waals surface area contributed by atoms with Crippen LogP contribution in [0.15, 0.2) is 36.4 Å². The molecule has 86 valence electrons. The quantitative estimate of drug-likeness (QED) is 0.685. The number of rotatable bonds is 4. The summed E-state index contributed by atoms with van der Waals surface area (Å²) in [4.78, 5) is 0. The molecule has 1 unspecified atom stereocenters. The van der Waals surface area contributed by atoms with Gasteiger partial charge in [0.1, 0.15) is 0 Å². The highest BCUT2D eigenvalue weighted by molar-refractivity contribution is 5.72. The van der Waals surface area contributed by atoms with Gasteiger partial charge in [-0.1, -0.05) is 55.0 Å². The lowest BCUT2D eigenvalue weighted by Crippen LogP contribution is -1.98. The zero-order valence-electron chi connectivity index (χ0n) is 10.3. The molecule has 0 N–H and O–H groups in total. The Bertz CT molecular complexity index is 402. The number of hydrogen-bond acceptors (Lipinski definition) is 0. The molecule has 0 nitrogen and oxygen atoms in total. The molecule has 0 heterocycles. The van der Waals surface area contributed by atoms with Crippen LogP contribution in [0.3, 0.4) is 0 Å². The monoisotopic (exact) mass is 218 g/mol. The third-order valence-electron chi connectivity index (χ3n) is 2.81. The standard InChI is InChI=1S/C15H19F/c1-11(2)15-8-6-5-7-14(15)9-12(3)13(4)10-16/h5-9,13H,1,10H2,2-4H3/b12-9-. The van der Waals surface area contributed by atoms with E-state index in [1.807, 2.05) is 51.1 Å².